The Hall–Kier alpha value is -1.55. The first kappa shape index (κ1) is 18.8. The van der Waals surface area contributed by atoms with E-state index in [0.717, 1.165) is 5.75 Å². The number of thiophene rings is 1. The molecule has 0 aliphatic heterocycles. The van der Waals surface area contributed by atoms with Crippen molar-refractivity contribution in [2.45, 2.75) is 17.6 Å². The Balaban J connectivity index is 1.79. The number of rotatable bonds is 9. The second kappa shape index (κ2) is 9.07. The third-order valence-electron chi connectivity index (χ3n) is 2.83. The molecule has 24 heavy (non-hydrogen) atoms. The Kier molecular flexibility index (Phi) is 7.10. The van der Waals surface area contributed by atoms with Gasteiger partial charge < -0.3 is 4.74 Å². The lowest BCUT2D eigenvalue weighted by molar-refractivity contribution is -0.119. The van der Waals surface area contributed by atoms with Crippen molar-refractivity contribution in [3.8, 4) is 5.75 Å². The summed E-state index contributed by atoms with van der Waals surface area (Å²) in [7, 11) is -3.80. The van der Waals surface area contributed by atoms with Gasteiger partial charge in [-0.15, -0.1) is 27.9 Å². The second-order valence-corrected chi connectivity index (χ2v) is 8.33. The van der Waals surface area contributed by atoms with E-state index in [-0.39, 0.29) is 10.6 Å². The van der Waals surface area contributed by atoms with Crippen LogP contribution in [0.15, 0.2) is 46.7 Å². The molecule has 0 bridgehead atoms. The molecule has 0 spiro atoms. The van der Waals surface area contributed by atoms with E-state index in [1.165, 1.54) is 28.8 Å². The number of hydrazine groups is 1. The van der Waals surface area contributed by atoms with Gasteiger partial charge in [0.05, 0.1) is 17.3 Å². The fraction of sp³-hybridized carbons (Fsp3) is 0.267. The van der Waals surface area contributed by atoms with Gasteiger partial charge in [-0.2, -0.15) is 0 Å². The minimum atomic E-state index is -3.80. The highest BCUT2D eigenvalue weighted by atomic mass is 32.2. The predicted molar refractivity (Wildman–Crippen MR) is 96.6 cm³/mol. The Morgan fingerprint density at radius 2 is 2.00 bits per heavy atom. The van der Waals surface area contributed by atoms with Crippen molar-refractivity contribution in [1.29, 1.82) is 0 Å². The van der Waals surface area contributed by atoms with E-state index in [4.69, 9.17) is 4.74 Å². The molecule has 130 valence electrons. The quantitative estimate of drug-likeness (QED) is 0.647. The zero-order chi connectivity index (χ0) is 17.4. The van der Waals surface area contributed by atoms with Gasteiger partial charge in [0.1, 0.15) is 5.75 Å². The summed E-state index contributed by atoms with van der Waals surface area (Å²) >= 11 is 3.04. The highest BCUT2D eigenvalue weighted by Crippen LogP contribution is 2.17. The van der Waals surface area contributed by atoms with Gasteiger partial charge in [0, 0.05) is 10.6 Å². The number of carbonyl (C=O) groups is 1. The fourth-order valence-corrected chi connectivity index (χ4v) is 4.27. The van der Waals surface area contributed by atoms with Crippen LogP contribution in [0.25, 0.3) is 0 Å². The van der Waals surface area contributed by atoms with Crippen molar-refractivity contribution in [2.75, 3.05) is 12.4 Å². The van der Waals surface area contributed by atoms with Crippen LogP contribution >= 0.6 is 23.1 Å². The zero-order valence-corrected chi connectivity index (χ0v) is 15.5. The molecule has 0 fully saturated rings. The molecule has 0 aliphatic carbocycles. The van der Waals surface area contributed by atoms with E-state index in [1.54, 1.807) is 23.5 Å². The summed E-state index contributed by atoms with van der Waals surface area (Å²) < 4.78 is 29.4. The molecule has 0 saturated heterocycles. The number of benzene rings is 1. The molecule has 1 heterocycles. The van der Waals surface area contributed by atoms with Gasteiger partial charge in [-0.1, -0.05) is 6.07 Å². The summed E-state index contributed by atoms with van der Waals surface area (Å²) in [6, 6.07) is 9.92. The minimum absolute atomic E-state index is 0.0532. The molecule has 9 heteroatoms. The number of carbonyl (C=O) groups excluding carboxylic acids is 1. The molecule has 0 unspecified atom stereocenters. The number of hydrogen-bond donors (Lipinski definition) is 2. The summed E-state index contributed by atoms with van der Waals surface area (Å²) in [5.41, 5.74) is 2.22. The van der Waals surface area contributed by atoms with Gasteiger partial charge in [0.15, 0.2) is 0 Å². The highest BCUT2D eigenvalue weighted by Gasteiger charge is 2.15. The summed E-state index contributed by atoms with van der Waals surface area (Å²) in [5, 5.41) is 1.97. The van der Waals surface area contributed by atoms with Crippen LogP contribution in [-0.2, 0) is 20.6 Å². The van der Waals surface area contributed by atoms with E-state index in [9.17, 15) is 13.2 Å². The second-order valence-electron chi connectivity index (χ2n) is 4.63. The molecular formula is C15H18N2O4S3. The summed E-state index contributed by atoms with van der Waals surface area (Å²) in [6.45, 7) is 2.35. The van der Waals surface area contributed by atoms with Gasteiger partial charge in [-0.3, -0.25) is 10.2 Å². The summed E-state index contributed by atoms with van der Waals surface area (Å²) in [4.78, 5) is 15.0. The number of amides is 1. The number of sulfonamides is 1. The molecule has 1 aromatic carbocycles. The van der Waals surface area contributed by atoms with Crippen LogP contribution < -0.4 is 15.0 Å². The number of nitrogens with one attached hydrogen (secondary N) is 2. The van der Waals surface area contributed by atoms with Crippen LogP contribution in [0, 0.1) is 0 Å². The van der Waals surface area contributed by atoms with E-state index in [0.29, 0.717) is 12.4 Å². The molecule has 2 aromatic rings. The first-order chi connectivity index (χ1) is 11.5. The normalized spacial score (nSPS) is 11.2. The predicted octanol–water partition coefficient (Wildman–Crippen LogP) is 2.39. The Morgan fingerprint density at radius 1 is 1.25 bits per heavy atom. The molecule has 6 nitrogen and oxygen atoms in total. The van der Waals surface area contributed by atoms with Crippen molar-refractivity contribution in [1.82, 2.24) is 10.3 Å². The van der Waals surface area contributed by atoms with E-state index in [1.807, 2.05) is 24.4 Å². The van der Waals surface area contributed by atoms with Crippen LogP contribution in [-0.4, -0.2) is 26.7 Å². The molecule has 0 radical (unpaired) electrons. The molecule has 0 aliphatic rings. The Labute approximate surface area is 149 Å². The summed E-state index contributed by atoms with van der Waals surface area (Å²) in [5.74, 6) is 1.08. The standard InChI is InChI=1S/C15H18N2O4S3/c1-2-21-12-5-7-14(8-6-12)24(19,20)17-16-15(18)11-22-10-13-4-3-9-23-13/h3-9,17H,2,10-11H2,1H3,(H,16,18). The molecule has 1 aromatic heterocycles. The average Bonchev–Trinajstić information content (AvgIpc) is 3.07. The Bertz CT molecular complexity index is 744. The van der Waals surface area contributed by atoms with E-state index in [2.05, 4.69) is 10.3 Å². The maximum atomic E-state index is 12.1. The Morgan fingerprint density at radius 3 is 2.62 bits per heavy atom. The van der Waals surface area contributed by atoms with E-state index >= 15 is 0 Å². The smallest absolute Gasteiger partial charge is 0.257 e. The van der Waals surface area contributed by atoms with Gasteiger partial charge in [0.2, 0.25) is 5.91 Å². The minimum Gasteiger partial charge on any atom is -0.494 e. The van der Waals surface area contributed by atoms with Crippen molar-refractivity contribution in [2.24, 2.45) is 0 Å². The molecule has 0 atom stereocenters. The molecule has 2 rings (SSSR count). The monoisotopic (exact) mass is 386 g/mol. The van der Waals surface area contributed by atoms with Gasteiger partial charge in [-0.05, 0) is 42.6 Å². The van der Waals surface area contributed by atoms with Crippen molar-refractivity contribution < 1.29 is 17.9 Å². The summed E-state index contributed by atoms with van der Waals surface area (Å²) in [6.07, 6.45) is 0. The molecule has 2 N–H and O–H groups in total. The van der Waals surface area contributed by atoms with Crippen molar-refractivity contribution in [3.63, 3.8) is 0 Å². The number of hydrogen-bond acceptors (Lipinski definition) is 6. The average molecular weight is 387 g/mol. The highest BCUT2D eigenvalue weighted by molar-refractivity contribution is 7.99. The molecule has 0 saturated carbocycles. The number of thioether (sulfide) groups is 1. The van der Waals surface area contributed by atoms with Crippen molar-refractivity contribution in [3.05, 3.63) is 46.7 Å². The van der Waals surface area contributed by atoms with Gasteiger partial charge in [-0.25, -0.2) is 8.42 Å². The van der Waals surface area contributed by atoms with Crippen LogP contribution in [0.2, 0.25) is 0 Å². The first-order valence-corrected chi connectivity index (χ1v) is 10.7. The van der Waals surface area contributed by atoms with Crippen LogP contribution in [0.4, 0.5) is 0 Å². The largest absolute Gasteiger partial charge is 0.494 e. The zero-order valence-electron chi connectivity index (χ0n) is 13.0. The fourth-order valence-electron chi connectivity index (χ4n) is 1.74. The SMILES string of the molecule is CCOc1ccc(S(=O)(=O)NNC(=O)CSCc2cccs2)cc1. The van der Waals surface area contributed by atoms with Crippen LogP contribution in [0.5, 0.6) is 5.75 Å². The maximum absolute atomic E-state index is 12.1. The van der Waals surface area contributed by atoms with Gasteiger partial charge >= 0.3 is 0 Å². The van der Waals surface area contributed by atoms with Gasteiger partial charge in [0.25, 0.3) is 10.0 Å². The maximum Gasteiger partial charge on any atom is 0.257 e. The lowest BCUT2D eigenvalue weighted by Crippen LogP contribution is -2.42. The van der Waals surface area contributed by atoms with Crippen molar-refractivity contribution >= 4 is 39.0 Å². The first-order valence-electron chi connectivity index (χ1n) is 7.15. The molecular weight excluding hydrogens is 368 g/mol. The lowest BCUT2D eigenvalue weighted by atomic mass is 10.3. The molecule has 1 amide bonds. The third-order valence-corrected chi connectivity index (χ3v) is 6.13. The van der Waals surface area contributed by atoms with E-state index < -0.39 is 15.9 Å². The van der Waals surface area contributed by atoms with Crippen LogP contribution in [0.3, 0.4) is 0 Å². The van der Waals surface area contributed by atoms with Crippen LogP contribution in [0.1, 0.15) is 11.8 Å². The lowest BCUT2D eigenvalue weighted by Gasteiger charge is -2.09. The topological polar surface area (TPSA) is 84.5 Å². The number of ether oxygens (including phenoxy) is 1. The third kappa shape index (κ3) is 5.82.